The third-order valence-corrected chi connectivity index (χ3v) is 2.53. The van der Waals surface area contributed by atoms with Crippen LogP contribution in [0.4, 0.5) is 0 Å². The lowest BCUT2D eigenvalue weighted by atomic mass is 10.2. The molecule has 13 heavy (non-hydrogen) atoms. The van der Waals surface area contributed by atoms with Crippen molar-refractivity contribution in [2.24, 2.45) is 4.99 Å². The molecule has 0 saturated heterocycles. The first-order valence-electron chi connectivity index (χ1n) is 3.63. The highest BCUT2D eigenvalue weighted by Crippen LogP contribution is 2.26. The zero-order chi connectivity index (χ0) is 9.68. The molecule has 1 aromatic rings. The molecule has 0 aliphatic carbocycles. The lowest BCUT2D eigenvalue weighted by Gasteiger charge is -2.04. The van der Waals surface area contributed by atoms with Crippen LogP contribution in [-0.4, -0.2) is 13.2 Å². The molecule has 4 heteroatoms. The zero-order valence-electron chi connectivity index (χ0n) is 7.03. The molecule has 0 fully saturated rings. The van der Waals surface area contributed by atoms with Crippen molar-refractivity contribution >= 4 is 28.7 Å². The van der Waals surface area contributed by atoms with E-state index in [2.05, 4.69) is 27.6 Å². The van der Waals surface area contributed by atoms with Crippen molar-refractivity contribution in [2.75, 3.05) is 7.11 Å². The standard InChI is InChI=1S/C9H8INO2/c1-13-8-4-2-3-7(5-8)9(10)11-6-12/h2-5,9H,1H3. The second-order valence-electron chi connectivity index (χ2n) is 2.33. The molecule has 0 N–H and O–H groups in total. The molecule has 0 aromatic heterocycles. The van der Waals surface area contributed by atoms with Gasteiger partial charge in [0.1, 0.15) is 9.80 Å². The molecule has 1 atom stereocenters. The van der Waals surface area contributed by atoms with Crippen molar-refractivity contribution < 1.29 is 9.53 Å². The number of ether oxygens (including phenoxy) is 1. The van der Waals surface area contributed by atoms with Crippen LogP contribution in [-0.2, 0) is 4.79 Å². The van der Waals surface area contributed by atoms with Crippen LogP contribution < -0.4 is 4.74 Å². The van der Waals surface area contributed by atoms with Crippen molar-refractivity contribution in [3.63, 3.8) is 0 Å². The van der Waals surface area contributed by atoms with E-state index < -0.39 is 0 Å². The summed E-state index contributed by atoms with van der Waals surface area (Å²) >= 11 is 2.06. The minimum Gasteiger partial charge on any atom is -0.497 e. The predicted octanol–water partition coefficient (Wildman–Crippen LogP) is 2.46. The highest BCUT2D eigenvalue weighted by Gasteiger charge is 2.05. The van der Waals surface area contributed by atoms with Gasteiger partial charge in [0.25, 0.3) is 0 Å². The van der Waals surface area contributed by atoms with E-state index in [1.165, 1.54) is 6.08 Å². The van der Waals surface area contributed by atoms with Crippen LogP contribution in [0.1, 0.15) is 9.61 Å². The summed E-state index contributed by atoms with van der Waals surface area (Å²) in [5.41, 5.74) is 0.934. The number of alkyl halides is 1. The highest BCUT2D eigenvalue weighted by atomic mass is 127. The smallest absolute Gasteiger partial charge is 0.236 e. The minimum absolute atomic E-state index is 0.190. The lowest BCUT2D eigenvalue weighted by molar-refractivity contribution is 0.414. The summed E-state index contributed by atoms with van der Waals surface area (Å²) in [5.74, 6) is 0.764. The summed E-state index contributed by atoms with van der Waals surface area (Å²) in [5, 5.41) is 0. The fourth-order valence-corrected chi connectivity index (χ4v) is 1.41. The Bertz CT molecular complexity index is 334. The number of rotatable bonds is 3. The molecule has 0 saturated carbocycles. The van der Waals surface area contributed by atoms with E-state index in [1.807, 2.05) is 24.3 Å². The van der Waals surface area contributed by atoms with Gasteiger partial charge in [-0.15, -0.1) is 0 Å². The molecule has 1 rings (SSSR count). The van der Waals surface area contributed by atoms with Gasteiger partial charge in [-0.05, 0) is 17.7 Å². The first kappa shape index (κ1) is 10.2. The molecular formula is C9H8INO2. The Morgan fingerprint density at radius 1 is 1.62 bits per heavy atom. The molecule has 0 aliphatic rings. The molecule has 0 amide bonds. The van der Waals surface area contributed by atoms with Gasteiger partial charge in [-0.2, -0.15) is 4.99 Å². The number of hydrogen-bond donors (Lipinski definition) is 0. The van der Waals surface area contributed by atoms with Gasteiger partial charge in [-0.25, -0.2) is 4.79 Å². The quantitative estimate of drug-likeness (QED) is 0.282. The number of halogens is 1. The first-order chi connectivity index (χ1) is 6.27. The number of aliphatic imine (C=N–C) groups is 1. The van der Waals surface area contributed by atoms with Crippen LogP contribution in [0.25, 0.3) is 0 Å². The van der Waals surface area contributed by atoms with Crippen LogP contribution in [0.2, 0.25) is 0 Å². The predicted molar refractivity (Wildman–Crippen MR) is 57.9 cm³/mol. The van der Waals surface area contributed by atoms with Gasteiger partial charge in [0.2, 0.25) is 6.08 Å². The first-order valence-corrected chi connectivity index (χ1v) is 4.87. The third kappa shape index (κ3) is 2.82. The van der Waals surface area contributed by atoms with Crippen molar-refractivity contribution in [3.8, 4) is 5.75 Å². The molecule has 0 heterocycles. The van der Waals surface area contributed by atoms with Crippen molar-refractivity contribution in [1.82, 2.24) is 0 Å². The molecule has 3 nitrogen and oxygen atoms in total. The molecule has 1 aromatic carbocycles. The van der Waals surface area contributed by atoms with E-state index in [0.717, 1.165) is 11.3 Å². The Hall–Kier alpha value is -0.870. The van der Waals surface area contributed by atoms with Gasteiger partial charge >= 0.3 is 0 Å². The maximum absolute atomic E-state index is 10.0. The Kier molecular flexibility index (Phi) is 3.92. The lowest BCUT2D eigenvalue weighted by Crippen LogP contribution is -1.87. The number of isocyanates is 1. The van der Waals surface area contributed by atoms with Crippen molar-refractivity contribution in [2.45, 2.75) is 4.05 Å². The minimum atomic E-state index is -0.190. The number of benzene rings is 1. The second-order valence-corrected chi connectivity index (χ2v) is 3.51. The molecule has 0 bridgehead atoms. The average Bonchev–Trinajstić information content (AvgIpc) is 2.18. The van der Waals surface area contributed by atoms with E-state index in [4.69, 9.17) is 4.74 Å². The summed E-state index contributed by atoms with van der Waals surface area (Å²) < 4.78 is 4.85. The summed E-state index contributed by atoms with van der Waals surface area (Å²) in [4.78, 5) is 13.6. The Morgan fingerprint density at radius 3 is 3.00 bits per heavy atom. The molecule has 0 spiro atoms. The normalized spacial score (nSPS) is 11.5. The number of hydrogen-bond acceptors (Lipinski definition) is 3. The summed E-state index contributed by atoms with van der Waals surface area (Å²) in [6.07, 6.45) is 1.53. The van der Waals surface area contributed by atoms with E-state index >= 15 is 0 Å². The van der Waals surface area contributed by atoms with Gasteiger partial charge in [0, 0.05) is 0 Å². The van der Waals surface area contributed by atoms with Crippen LogP contribution in [0.15, 0.2) is 29.3 Å². The number of methoxy groups -OCH3 is 1. The van der Waals surface area contributed by atoms with Crippen molar-refractivity contribution in [1.29, 1.82) is 0 Å². The topological polar surface area (TPSA) is 38.7 Å². The van der Waals surface area contributed by atoms with Gasteiger partial charge in [0.05, 0.1) is 7.11 Å². The molecular weight excluding hydrogens is 281 g/mol. The highest BCUT2D eigenvalue weighted by molar-refractivity contribution is 14.1. The van der Waals surface area contributed by atoms with Crippen LogP contribution in [0.3, 0.4) is 0 Å². The van der Waals surface area contributed by atoms with Crippen LogP contribution in [0.5, 0.6) is 5.75 Å². The SMILES string of the molecule is COc1cccc(C(I)N=C=O)c1. The maximum atomic E-state index is 10.0. The van der Waals surface area contributed by atoms with Crippen LogP contribution >= 0.6 is 22.6 Å². The Balaban J connectivity index is 2.94. The molecule has 1 unspecified atom stereocenters. The summed E-state index contributed by atoms with van der Waals surface area (Å²) in [6.45, 7) is 0. The van der Waals surface area contributed by atoms with E-state index in [9.17, 15) is 4.79 Å². The maximum Gasteiger partial charge on any atom is 0.236 e. The number of carbonyl (C=O) groups excluding carboxylic acids is 1. The van der Waals surface area contributed by atoms with Crippen LogP contribution in [0, 0.1) is 0 Å². The van der Waals surface area contributed by atoms with E-state index in [1.54, 1.807) is 7.11 Å². The molecule has 68 valence electrons. The van der Waals surface area contributed by atoms with Crippen molar-refractivity contribution in [3.05, 3.63) is 29.8 Å². The van der Waals surface area contributed by atoms with Gasteiger partial charge in [-0.3, -0.25) is 0 Å². The summed E-state index contributed by atoms with van der Waals surface area (Å²) in [6, 6.07) is 7.44. The molecule has 0 radical (unpaired) electrons. The van der Waals surface area contributed by atoms with E-state index in [-0.39, 0.29) is 4.05 Å². The fraction of sp³-hybridized carbons (Fsp3) is 0.222. The van der Waals surface area contributed by atoms with Gasteiger partial charge < -0.3 is 4.74 Å². The molecule has 0 aliphatic heterocycles. The Morgan fingerprint density at radius 2 is 2.38 bits per heavy atom. The Labute approximate surface area is 90.0 Å². The monoisotopic (exact) mass is 289 g/mol. The summed E-state index contributed by atoms with van der Waals surface area (Å²) in [7, 11) is 1.60. The fourth-order valence-electron chi connectivity index (χ4n) is 0.910. The van der Waals surface area contributed by atoms with Gasteiger partial charge in [0.15, 0.2) is 0 Å². The van der Waals surface area contributed by atoms with Gasteiger partial charge in [-0.1, -0.05) is 34.7 Å². The van der Waals surface area contributed by atoms with E-state index in [0.29, 0.717) is 0 Å². The average molecular weight is 289 g/mol. The zero-order valence-corrected chi connectivity index (χ0v) is 9.19. The third-order valence-electron chi connectivity index (χ3n) is 1.53. The largest absolute Gasteiger partial charge is 0.497 e. The second kappa shape index (κ2) is 4.99. The number of nitrogens with zero attached hydrogens (tertiary/aromatic N) is 1.